The van der Waals surface area contributed by atoms with Gasteiger partial charge in [0.25, 0.3) is 0 Å². The van der Waals surface area contributed by atoms with Crippen LogP contribution in [0.2, 0.25) is 11.1 Å². The van der Waals surface area contributed by atoms with Crippen molar-refractivity contribution in [3.05, 3.63) is 71.8 Å². The summed E-state index contributed by atoms with van der Waals surface area (Å²) < 4.78 is 7.42. The van der Waals surface area contributed by atoms with Gasteiger partial charge in [0.05, 0.1) is 0 Å². The molecule has 1 nitrogen and oxygen atoms in total. The molecule has 2 unspecified atom stereocenters. The van der Waals surface area contributed by atoms with Crippen molar-refractivity contribution in [1.29, 1.82) is 0 Å². The van der Waals surface area contributed by atoms with Gasteiger partial charge in [-0.05, 0) is 34.3 Å². The van der Waals surface area contributed by atoms with Gasteiger partial charge in [-0.15, -0.1) is 0 Å². The molecule has 0 aromatic heterocycles. The van der Waals surface area contributed by atoms with E-state index in [9.17, 15) is 0 Å². The third-order valence-electron chi connectivity index (χ3n) is 7.26. The van der Waals surface area contributed by atoms with E-state index in [1.165, 1.54) is 87.4 Å². The normalized spacial score (nSPS) is 21.0. The van der Waals surface area contributed by atoms with E-state index in [1.807, 2.05) is 0 Å². The SMILES string of the molecule is c1ccc(C[SiH](O[SiH](Cc2ccccc2)C2CCCCC2)C2CCCCC2)cc1. The average Bonchev–Trinajstić information content (AvgIpc) is 2.81. The molecule has 29 heavy (non-hydrogen) atoms. The summed E-state index contributed by atoms with van der Waals surface area (Å²) in [4.78, 5) is 0. The smallest absolute Gasteiger partial charge is 0.170 e. The standard InChI is InChI=1S/C26H38OSi2/c1-5-13-23(14-6-1)21-28(25-17-9-3-10-18-25)27-29(26-19-11-4-12-20-26)22-24-15-7-2-8-16-24/h1-2,5-8,13-16,25-26,28-29H,3-4,9-12,17-22H2. The van der Waals surface area contributed by atoms with Crippen LogP contribution >= 0.6 is 0 Å². The van der Waals surface area contributed by atoms with Crippen LogP contribution in [-0.2, 0) is 16.2 Å². The number of hydrogen-bond donors (Lipinski definition) is 0. The topological polar surface area (TPSA) is 9.23 Å². The molecule has 3 heteroatoms. The van der Waals surface area contributed by atoms with Gasteiger partial charge in [-0.1, -0.05) is 125 Å². The first-order chi connectivity index (χ1) is 14.4. The van der Waals surface area contributed by atoms with Gasteiger partial charge in [0.2, 0.25) is 0 Å². The molecule has 0 bridgehead atoms. The van der Waals surface area contributed by atoms with E-state index in [1.54, 1.807) is 0 Å². The van der Waals surface area contributed by atoms with E-state index < -0.39 is 18.1 Å². The third kappa shape index (κ3) is 6.40. The van der Waals surface area contributed by atoms with E-state index in [4.69, 9.17) is 4.12 Å². The minimum Gasteiger partial charge on any atom is -0.459 e. The summed E-state index contributed by atoms with van der Waals surface area (Å²) in [5, 5.41) is 0. The number of benzene rings is 2. The van der Waals surface area contributed by atoms with Crippen molar-refractivity contribution in [2.45, 2.75) is 87.4 Å². The second-order valence-electron chi connectivity index (χ2n) is 9.39. The fraction of sp³-hybridized carbons (Fsp3) is 0.538. The predicted molar refractivity (Wildman–Crippen MR) is 129 cm³/mol. The molecule has 2 aromatic rings. The molecule has 2 saturated carbocycles. The maximum atomic E-state index is 7.42. The Balaban J connectivity index is 1.52. The fourth-order valence-corrected chi connectivity index (χ4v) is 14.5. The minimum atomic E-state index is -1.25. The zero-order chi connectivity index (χ0) is 19.7. The van der Waals surface area contributed by atoms with Gasteiger partial charge < -0.3 is 4.12 Å². The Kier molecular flexibility index (Phi) is 8.20. The van der Waals surface area contributed by atoms with Gasteiger partial charge in [0, 0.05) is 0 Å². The molecule has 0 aliphatic heterocycles. The highest BCUT2D eigenvalue weighted by atomic mass is 28.4. The van der Waals surface area contributed by atoms with Gasteiger partial charge in [0.15, 0.2) is 18.1 Å². The molecular weight excluding hydrogens is 384 g/mol. The van der Waals surface area contributed by atoms with Gasteiger partial charge in [-0.3, -0.25) is 0 Å². The second-order valence-corrected chi connectivity index (χ2v) is 15.3. The molecule has 0 N–H and O–H groups in total. The highest BCUT2D eigenvalue weighted by Gasteiger charge is 2.33. The summed E-state index contributed by atoms with van der Waals surface area (Å²) in [5.41, 5.74) is 4.84. The number of hydrogen-bond acceptors (Lipinski definition) is 1. The summed E-state index contributed by atoms with van der Waals surface area (Å²) in [6, 6.07) is 25.0. The van der Waals surface area contributed by atoms with Crippen LogP contribution < -0.4 is 0 Å². The van der Waals surface area contributed by atoms with Crippen LogP contribution in [0.5, 0.6) is 0 Å². The number of rotatable bonds is 8. The highest BCUT2D eigenvalue weighted by Crippen LogP contribution is 2.37. The largest absolute Gasteiger partial charge is 0.459 e. The average molecular weight is 423 g/mol. The van der Waals surface area contributed by atoms with Crippen molar-refractivity contribution < 1.29 is 4.12 Å². The van der Waals surface area contributed by atoms with Crippen molar-refractivity contribution in [3.8, 4) is 0 Å². The van der Waals surface area contributed by atoms with Gasteiger partial charge >= 0.3 is 0 Å². The lowest BCUT2D eigenvalue weighted by Crippen LogP contribution is -2.40. The first-order valence-corrected chi connectivity index (χ1v) is 16.0. The molecule has 2 aliphatic rings. The molecule has 2 aromatic carbocycles. The Labute approximate surface area is 181 Å². The minimum absolute atomic E-state index is 0.901. The van der Waals surface area contributed by atoms with Gasteiger partial charge in [-0.25, -0.2) is 0 Å². The quantitative estimate of drug-likeness (QED) is 0.431. The molecule has 2 aliphatic carbocycles. The molecule has 2 fully saturated rings. The van der Waals surface area contributed by atoms with Gasteiger partial charge in [-0.2, -0.15) is 0 Å². The molecule has 0 amide bonds. The van der Waals surface area contributed by atoms with E-state index in [0.29, 0.717) is 0 Å². The monoisotopic (exact) mass is 422 g/mol. The van der Waals surface area contributed by atoms with E-state index in [-0.39, 0.29) is 0 Å². The molecule has 156 valence electrons. The van der Waals surface area contributed by atoms with E-state index in [0.717, 1.165) is 11.1 Å². The molecule has 0 radical (unpaired) electrons. The first-order valence-electron chi connectivity index (χ1n) is 12.1. The lowest BCUT2D eigenvalue weighted by atomic mass is 10.0. The Morgan fingerprint density at radius 3 is 1.31 bits per heavy atom. The zero-order valence-electron chi connectivity index (χ0n) is 18.0. The molecule has 4 rings (SSSR count). The van der Waals surface area contributed by atoms with E-state index in [2.05, 4.69) is 60.7 Å². The van der Waals surface area contributed by atoms with Crippen molar-refractivity contribution in [1.82, 2.24) is 0 Å². The van der Waals surface area contributed by atoms with E-state index >= 15 is 0 Å². The fourth-order valence-electron chi connectivity index (χ4n) is 5.58. The zero-order valence-corrected chi connectivity index (χ0v) is 20.3. The lowest BCUT2D eigenvalue weighted by molar-refractivity contribution is 0.424. The Hall–Kier alpha value is -1.17. The van der Waals surface area contributed by atoms with Crippen molar-refractivity contribution in [3.63, 3.8) is 0 Å². The van der Waals surface area contributed by atoms with Crippen LogP contribution in [0.4, 0.5) is 0 Å². The maximum absolute atomic E-state index is 7.42. The molecule has 0 saturated heterocycles. The highest BCUT2D eigenvalue weighted by molar-refractivity contribution is 6.67. The Morgan fingerprint density at radius 1 is 0.552 bits per heavy atom. The summed E-state index contributed by atoms with van der Waals surface area (Å²) in [7, 11) is -2.50. The van der Waals surface area contributed by atoms with Gasteiger partial charge in [0.1, 0.15) is 0 Å². The van der Waals surface area contributed by atoms with Crippen LogP contribution in [-0.4, -0.2) is 18.1 Å². The lowest BCUT2D eigenvalue weighted by Gasteiger charge is -2.36. The Bertz CT molecular complexity index is 632. The van der Waals surface area contributed by atoms with Crippen LogP contribution in [0.3, 0.4) is 0 Å². The molecule has 2 atom stereocenters. The summed E-state index contributed by atoms with van der Waals surface area (Å²) >= 11 is 0. The summed E-state index contributed by atoms with van der Waals surface area (Å²) in [6.07, 6.45) is 14.3. The molecular formula is C26H38OSi2. The van der Waals surface area contributed by atoms with Crippen LogP contribution in [0, 0.1) is 0 Å². The Morgan fingerprint density at radius 2 is 0.931 bits per heavy atom. The van der Waals surface area contributed by atoms with Crippen LogP contribution in [0.15, 0.2) is 60.7 Å². The summed E-state index contributed by atoms with van der Waals surface area (Å²) in [6.45, 7) is 0. The second kappa shape index (κ2) is 11.3. The summed E-state index contributed by atoms with van der Waals surface area (Å²) in [5.74, 6) is 0. The van der Waals surface area contributed by atoms with Crippen molar-refractivity contribution >= 4 is 18.1 Å². The van der Waals surface area contributed by atoms with Crippen LogP contribution in [0.1, 0.15) is 75.3 Å². The predicted octanol–water partition coefficient (Wildman–Crippen LogP) is 6.68. The van der Waals surface area contributed by atoms with Crippen molar-refractivity contribution in [2.75, 3.05) is 0 Å². The van der Waals surface area contributed by atoms with Crippen LogP contribution in [0.25, 0.3) is 0 Å². The molecule has 0 heterocycles. The maximum Gasteiger partial charge on any atom is 0.170 e. The third-order valence-corrected chi connectivity index (χ3v) is 15.2. The molecule has 0 spiro atoms. The van der Waals surface area contributed by atoms with Crippen molar-refractivity contribution in [2.24, 2.45) is 0 Å². The first kappa shape index (κ1) is 21.1.